The molecule has 466 valence electrons. The van der Waals surface area contributed by atoms with Crippen LogP contribution in [0.15, 0.2) is 115 Å². The molecule has 4 atom stereocenters. The second-order valence-electron chi connectivity index (χ2n) is 27.1. The topological polar surface area (TPSA) is 103 Å². The van der Waals surface area contributed by atoms with Gasteiger partial charge in [0.15, 0.2) is 30.2 Å². The van der Waals surface area contributed by atoms with E-state index in [0.717, 1.165) is 78.8 Å². The first-order chi connectivity index (χ1) is 40.5. The Labute approximate surface area is 515 Å². The number of rotatable bonds is 30. The van der Waals surface area contributed by atoms with Gasteiger partial charge < -0.3 is 47.1 Å². The summed E-state index contributed by atoms with van der Waals surface area (Å²) in [6.07, 6.45) is 16.6. The fourth-order valence-electron chi connectivity index (χ4n) is 10.8. The number of phenolic OH excluding ortho intramolecular Hbond substituents is 1. The quantitative estimate of drug-likeness (QED) is 0.0207. The first-order valence-corrected chi connectivity index (χ1v) is 37.4. The first kappa shape index (κ1) is 68.8. The minimum Gasteiger partial charge on any atom is -0.508 e. The summed E-state index contributed by atoms with van der Waals surface area (Å²) < 4.78 is 52.9. The second-order valence-corrected chi connectivity index (χ2v) is 36.7. The molecule has 0 spiro atoms. The van der Waals surface area contributed by atoms with Crippen molar-refractivity contribution in [3.63, 3.8) is 0 Å². The van der Waals surface area contributed by atoms with Crippen molar-refractivity contribution in [2.45, 2.75) is 211 Å². The summed E-state index contributed by atoms with van der Waals surface area (Å²) in [5.74, 6) is 11.9. The molecule has 0 bridgehead atoms. The van der Waals surface area contributed by atoms with Gasteiger partial charge in [0.25, 0.3) is 0 Å². The number of benzene rings is 5. The molecule has 0 aromatic heterocycles. The summed E-state index contributed by atoms with van der Waals surface area (Å²) in [6, 6.07) is 38.5. The van der Waals surface area contributed by atoms with E-state index < -0.39 is 16.6 Å². The van der Waals surface area contributed by atoms with Crippen LogP contribution in [0.5, 0.6) is 34.5 Å². The fourth-order valence-corrected chi connectivity index (χ4v) is 12.9. The average Bonchev–Trinajstić information content (AvgIpc) is 0.971. The number of phenols is 1. The van der Waals surface area contributed by atoms with E-state index in [9.17, 15) is 5.11 Å². The van der Waals surface area contributed by atoms with Crippen LogP contribution in [-0.2, 0) is 35.8 Å². The zero-order valence-corrected chi connectivity index (χ0v) is 56.6. The summed E-state index contributed by atoms with van der Waals surface area (Å²) in [4.78, 5) is 0. The molecule has 2 aliphatic rings. The zero-order chi connectivity index (χ0) is 61.6. The van der Waals surface area contributed by atoms with Crippen LogP contribution in [-0.4, -0.2) is 76.0 Å². The Morgan fingerprint density at radius 1 is 0.529 bits per heavy atom. The van der Waals surface area contributed by atoms with Crippen molar-refractivity contribution in [2.75, 3.05) is 54.2 Å². The van der Waals surface area contributed by atoms with Crippen LogP contribution in [0.3, 0.4) is 0 Å². The van der Waals surface area contributed by atoms with E-state index >= 15 is 0 Å². The molecule has 0 fully saturated rings. The molecule has 12 heteroatoms. The van der Waals surface area contributed by atoms with E-state index in [1.165, 1.54) is 80.9 Å². The van der Waals surface area contributed by atoms with Gasteiger partial charge in [-0.15, -0.1) is 5.92 Å². The molecule has 0 saturated heterocycles. The van der Waals surface area contributed by atoms with E-state index in [1.54, 1.807) is 26.4 Å². The van der Waals surface area contributed by atoms with Crippen LogP contribution in [0.1, 0.15) is 185 Å². The molecular weight excluding hydrogens is 1090 g/mol. The normalized spacial score (nSPS) is 18.5. The Morgan fingerprint density at radius 2 is 0.988 bits per heavy atom. The van der Waals surface area contributed by atoms with Crippen molar-refractivity contribution in [3.05, 3.63) is 143 Å². The molecule has 5 aromatic carbocycles. The molecule has 85 heavy (non-hydrogen) atoms. The maximum Gasteiger partial charge on any atom is 0.191 e. The summed E-state index contributed by atoms with van der Waals surface area (Å²) in [6.45, 7) is 31.6. The Morgan fingerprint density at radius 3 is 1.53 bits per heavy atom. The zero-order valence-electron chi connectivity index (χ0n) is 54.6. The maximum atomic E-state index is 9.86. The van der Waals surface area contributed by atoms with E-state index in [2.05, 4.69) is 142 Å². The lowest BCUT2D eigenvalue weighted by atomic mass is 9.66. The van der Waals surface area contributed by atoms with Gasteiger partial charge >= 0.3 is 0 Å². The Hall–Kier alpha value is -5.27. The highest BCUT2D eigenvalue weighted by Gasteiger charge is 2.44. The molecule has 2 aliphatic heterocycles. The molecule has 0 amide bonds. The van der Waals surface area contributed by atoms with Crippen molar-refractivity contribution in [1.29, 1.82) is 0 Å². The number of methoxy groups -OCH3 is 2. The molecule has 0 radical (unpaired) electrons. The average molecular weight is 1200 g/mol. The van der Waals surface area contributed by atoms with Crippen LogP contribution < -0.4 is 23.7 Å². The SMILES string of the molecule is COCOc1ccc2c(c1)OCC(C)(c1ccc(O)cc1)C2CCCCCCCCCO[Si](C)(C)C(C)(C)C.COCOc1ccc2c(c1)OCC(C)(c1ccc(OCc3ccccc3)cc1)C2C#CCCCCCCCO[Si](C)(C)C(C)(C)C. The van der Waals surface area contributed by atoms with Gasteiger partial charge in [0.1, 0.15) is 41.1 Å². The summed E-state index contributed by atoms with van der Waals surface area (Å²) in [5.41, 5.74) is 5.38. The van der Waals surface area contributed by atoms with E-state index in [-0.39, 0.29) is 40.4 Å². The molecule has 0 saturated carbocycles. The Bertz CT molecular complexity index is 2810. The molecule has 0 aliphatic carbocycles. The van der Waals surface area contributed by atoms with Crippen molar-refractivity contribution in [3.8, 4) is 46.3 Å². The van der Waals surface area contributed by atoms with Gasteiger partial charge in [0.2, 0.25) is 0 Å². The Balaban J connectivity index is 0.000000276. The van der Waals surface area contributed by atoms with Gasteiger partial charge in [-0.05, 0) is 121 Å². The highest BCUT2D eigenvalue weighted by Crippen LogP contribution is 2.51. The van der Waals surface area contributed by atoms with Crippen molar-refractivity contribution in [2.24, 2.45) is 0 Å². The van der Waals surface area contributed by atoms with Gasteiger partial charge in [0.05, 0.1) is 19.1 Å². The minimum atomic E-state index is -1.64. The molecule has 7 rings (SSSR count). The van der Waals surface area contributed by atoms with Crippen molar-refractivity contribution < 1.29 is 47.1 Å². The lowest BCUT2D eigenvalue weighted by Gasteiger charge is -2.43. The predicted molar refractivity (Wildman–Crippen MR) is 353 cm³/mol. The number of hydrogen-bond donors (Lipinski definition) is 1. The fraction of sp³-hybridized carbons (Fsp3) is 0.562. The van der Waals surface area contributed by atoms with Crippen molar-refractivity contribution in [1.82, 2.24) is 0 Å². The van der Waals surface area contributed by atoms with E-state index in [1.807, 2.05) is 54.6 Å². The van der Waals surface area contributed by atoms with Crippen LogP contribution in [0.2, 0.25) is 36.3 Å². The third-order valence-corrected chi connectivity index (χ3v) is 27.5. The lowest BCUT2D eigenvalue weighted by molar-refractivity contribution is 0.0505. The number of fused-ring (bicyclic) bond motifs is 2. The third-order valence-electron chi connectivity index (χ3n) is 18.5. The third kappa shape index (κ3) is 20.1. The molecular formula is C73H106O10Si2. The van der Waals surface area contributed by atoms with Crippen molar-refractivity contribution >= 4 is 16.6 Å². The standard InChI is InChI=1S/C40H54O5Si.C33H52O5Si/c1-39(2,3)46(6,7)45-27-17-12-10-8-9-11-16-20-37-36-26-25-35(44-31-41-5)28-38(36)43-30-40(37,4)33-21-23-34(24-22-33)42-29-32-18-14-13-15-19-32;1-32(2,3)39(6,7)38-22-14-12-10-8-9-11-13-15-30-29-21-20-28(37-25-35-5)23-31(29)36-24-33(30,4)26-16-18-27(34)19-17-26/h13-15,18-19,21-26,28,37H,8-12,17,27,29-31H2,1-7H3;16-21,23,30,34H,8-15,22,24-25H2,1-7H3. The molecule has 10 nitrogen and oxygen atoms in total. The maximum absolute atomic E-state index is 9.86. The van der Waals surface area contributed by atoms with Gasteiger partial charge in [-0.25, -0.2) is 0 Å². The van der Waals surface area contributed by atoms with Gasteiger partial charge in [-0.1, -0.05) is 186 Å². The Kier molecular flexibility index (Phi) is 26.4. The molecule has 5 aromatic rings. The number of aromatic hydroxyl groups is 1. The molecule has 2 heterocycles. The van der Waals surface area contributed by atoms with E-state index in [0.29, 0.717) is 31.5 Å². The van der Waals surface area contributed by atoms with Gasteiger partial charge in [-0.3, -0.25) is 0 Å². The van der Waals surface area contributed by atoms with E-state index in [4.69, 9.17) is 42.0 Å². The van der Waals surface area contributed by atoms with Crippen LogP contribution >= 0.6 is 0 Å². The largest absolute Gasteiger partial charge is 0.508 e. The summed E-state index contributed by atoms with van der Waals surface area (Å²) in [7, 11) is -0.0165. The van der Waals surface area contributed by atoms with Gasteiger partial charge in [-0.2, -0.15) is 0 Å². The first-order valence-electron chi connectivity index (χ1n) is 31.6. The van der Waals surface area contributed by atoms with Crippen LogP contribution in [0, 0.1) is 11.8 Å². The molecule has 4 unspecified atom stereocenters. The monoisotopic (exact) mass is 1200 g/mol. The van der Waals surface area contributed by atoms with Crippen LogP contribution in [0.4, 0.5) is 0 Å². The molecule has 1 N–H and O–H groups in total. The lowest BCUT2D eigenvalue weighted by Crippen LogP contribution is -2.40. The van der Waals surface area contributed by atoms with Gasteiger partial charge in [0, 0.05) is 68.3 Å². The highest BCUT2D eigenvalue weighted by atomic mass is 28.4. The minimum absolute atomic E-state index is 0.0173. The summed E-state index contributed by atoms with van der Waals surface area (Å²) in [5, 5.41) is 10.4. The highest BCUT2D eigenvalue weighted by molar-refractivity contribution is 6.74. The predicted octanol–water partition coefficient (Wildman–Crippen LogP) is 19.0. The number of unbranched alkanes of at least 4 members (excludes halogenated alkanes) is 11. The summed E-state index contributed by atoms with van der Waals surface area (Å²) >= 11 is 0. The van der Waals surface area contributed by atoms with Crippen LogP contribution in [0.25, 0.3) is 0 Å². The number of ether oxygens (including phenoxy) is 7. The smallest absolute Gasteiger partial charge is 0.191 e. The second kappa shape index (κ2) is 32.6. The number of hydrogen-bond acceptors (Lipinski definition) is 10.